The smallest absolute Gasteiger partial charge is 0.284 e. The molecule has 0 unspecified atom stereocenters. The number of nitrogens with zero attached hydrogens (tertiary/aromatic N) is 1. The van der Waals surface area contributed by atoms with Gasteiger partial charge in [0.05, 0.1) is 21.6 Å². The molecule has 0 atom stereocenters. The molecule has 0 amide bonds. The molecule has 0 aliphatic carbocycles. The Labute approximate surface area is 124 Å². The van der Waals surface area contributed by atoms with Gasteiger partial charge in [0, 0.05) is 0 Å². The van der Waals surface area contributed by atoms with Gasteiger partial charge in [-0.1, -0.05) is 11.6 Å². The molecular weight excluding hydrogens is 298 g/mol. The summed E-state index contributed by atoms with van der Waals surface area (Å²) in [5.74, 6) is 0.00441. The highest BCUT2D eigenvalue weighted by Gasteiger charge is 2.21. The van der Waals surface area contributed by atoms with E-state index in [0.29, 0.717) is 5.75 Å². The number of ether oxygens (including phenoxy) is 1. The molecule has 0 heterocycles. The van der Waals surface area contributed by atoms with Crippen LogP contribution in [0.3, 0.4) is 0 Å². The maximum Gasteiger partial charge on any atom is 0.284 e. The standard InChI is InChI=1S/C14H10ClNO5/c1-8(17)11-6-12(15)14(7-13(11)16(19)20)21-10-4-2-9(18)3-5-10/h2-7,18H,1H3. The summed E-state index contributed by atoms with van der Waals surface area (Å²) in [7, 11) is 0. The van der Waals surface area contributed by atoms with Gasteiger partial charge in [-0.25, -0.2) is 0 Å². The van der Waals surface area contributed by atoms with Gasteiger partial charge in [0.15, 0.2) is 11.5 Å². The van der Waals surface area contributed by atoms with Crippen LogP contribution in [0.2, 0.25) is 5.02 Å². The summed E-state index contributed by atoms with van der Waals surface area (Å²) in [4.78, 5) is 21.7. The van der Waals surface area contributed by atoms with Crippen molar-refractivity contribution in [3.05, 3.63) is 57.1 Å². The molecule has 7 heteroatoms. The maximum atomic E-state index is 11.4. The zero-order valence-corrected chi connectivity index (χ0v) is 11.6. The predicted octanol–water partition coefficient (Wildman–Crippen LogP) is 3.95. The second-order valence-corrected chi connectivity index (χ2v) is 4.62. The topological polar surface area (TPSA) is 89.7 Å². The highest BCUT2D eigenvalue weighted by molar-refractivity contribution is 6.32. The molecular formula is C14H10ClNO5. The number of carbonyl (C=O) groups excluding carboxylic acids is 1. The van der Waals surface area contributed by atoms with Gasteiger partial charge in [-0.3, -0.25) is 14.9 Å². The monoisotopic (exact) mass is 307 g/mol. The van der Waals surface area contributed by atoms with Gasteiger partial charge >= 0.3 is 0 Å². The van der Waals surface area contributed by atoms with Gasteiger partial charge < -0.3 is 9.84 Å². The minimum Gasteiger partial charge on any atom is -0.508 e. The lowest BCUT2D eigenvalue weighted by atomic mass is 10.1. The van der Waals surface area contributed by atoms with E-state index in [-0.39, 0.29) is 27.8 Å². The van der Waals surface area contributed by atoms with Crippen LogP contribution < -0.4 is 4.74 Å². The van der Waals surface area contributed by atoms with E-state index in [0.717, 1.165) is 6.07 Å². The van der Waals surface area contributed by atoms with E-state index in [9.17, 15) is 20.0 Å². The number of nitro groups is 1. The molecule has 0 saturated heterocycles. The van der Waals surface area contributed by atoms with E-state index in [1.165, 1.54) is 37.3 Å². The number of halogens is 1. The lowest BCUT2D eigenvalue weighted by Crippen LogP contribution is -2.01. The van der Waals surface area contributed by atoms with Gasteiger partial charge in [-0.15, -0.1) is 0 Å². The average Bonchev–Trinajstić information content (AvgIpc) is 2.42. The minimum absolute atomic E-state index is 0.0547. The number of phenols is 1. The first-order valence-electron chi connectivity index (χ1n) is 5.84. The second-order valence-electron chi connectivity index (χ2n) is 4.21. The molecule has 0 radical (unpaired) electrons. The number of Topliss-reactive ketones (excluding diaryl/α,β-unsaturated/α-hetero) is 1. The van der Waals surface area contributed by atoms with E-state index in [1.54, 1.807) is 0 Å². The Morgan fingerprint density at radius 3 is 2.43 bits per heavy atom. The van der Waals surface area contributed by atoms with Crippen LogP contribution in [0.5, 0.6) is 17.2 Å². The average molecular weight is 308 g/mol. The Morgan fingerprint density at radius 2 is 1.90 bits per heavy atom. The first-order valence-corrected chi connectivity index (χ1v) is 6.22. The zero-order chi connectivity index (χ0) is 15.6. The van der Waals surface area contributed by atoms with Gasteiger partial charge in [0.1, 0.15) is 11.5 Å². The van der Waals surface area contributed by atoms with Crippen LogP contribution in [0, 0.1) is 10.1 Å². The van der Waals surface area contributed by atoms with E-state index >= 15 is 0 Å². The summed E-state index contributed by atoms with van der Waals surface area (Å²) in [5.41, 5.74) is -0.455. The number of ketones is 1. The minimum atomic E-state index is -0.670. The van der Waals surface area contributed by atoms with Crippen molar-refractivity contribution in [2.24, 2.45) is 0 Å². The van der Waals surface area contributed by atoms with Crippen LogP contribution >= 0.6 is 11.6 Å². The van der Waals surface area contributed by atoms with Gasteiger partial charge in [0.2, 0.25) is 0 Å². The van der Waals surface area contributed by atoms with Crippen molar-refractivity contribution in [3.63, 3.8) is 0 Å². The number of hydrogen-bond donors (Lipinski definition) is 1. The molecule has 0 aromatic heterocycles. The van der Waals surface area contributed by atoms with Crippen molar-refractivity contribution in [1.82, 2.24) is 0 Å². The van der Waals surface area contributed by atoms with Crippen molar-refractivity contribution >= 4 is 23.1 Å². The van der Waals surface area contributed by atoms with Gasteiger partial charge in [-0.05, 0) is 37.3 Å². The largest absolute Gasteiger partial charge is 0.508 e. The van der Waals surface area contributed by atoms with Crippen LogP contribution in [0.1, 0.15) is 17.3 Å². The fourth-order valence-electron chi connectivity index (χ4n) is 1.70. The highest BCUT2D eigenvalue weighted by Crippen LogP contribution is 2.35. The number of phenolic OH excluding ortho intramolecular Hbond substituents is 1. The number of aromatic hydroxyl groups is 1. The first kappa shape index (κ1) is 14.8. The van der Waals surface area contributed by atoms with E-state index < -0.39 is 10.7 Å². The molecule has 2 rings (SSSR count). The number of carbonyl (C=O) groups is 1. The van der Waals surface area contributed by atoms with Gasteiger partial charge in [-0.2, -0.15) is 0 Å². The fraction of sp³-hybridized carbons (Fsp3) is 0.0714. The van der Waals surface area contributed by atoms with Crippen molar-refractivity contribution in [2.75, 3.05) is 0 Å². The lowest BCUT2D eigenvalue weighted by Gasteiger charge is -2.09. The van der Waals surface area contributed by atoms with Crippen LogP contribution in [0.15, 0.2) is 36.4 Å². The molecule has 0 spiro atoms. The molecule has 21 heavy (non-hydrogen) atoms. The fourth-order valence-corrected chi connectivity index (χ4v) is 1.90. The van der Waals surface area contributed by atoms with E-state index in [1.807, 2.05) is 0 Å². The molecule has 108 valence electrons. The maximum absolute atomic E-state index is 11.4. The number of hydrogen-bond acceptors (Lipinski definition) is 5. The van der Waals surface area contributed by atoms with Crippen molar-refractivity contribution in [2.45, 2.75) is 6.92 Å². The SMILES string of the molecule is CC(=O)c1cc(Cl)c(Oc2ccc(O)cc2)cc1[N+](=O)[O-]. The van der Waals surface area contributed by atoms with Crippen molar-refractivity contribution < 1.29 is 19.6 Å². The molecule has 0 fully saturated rings. The quantitative estimate of drug-likeness (QED) is 0.525. The molecule has 0 bridgehead atoms. The second kappa shape index (κ2) is 5.80. The Kier molecular flexibility index (Phi) is 4.09. The molecule has 0 saturated carbocycles. The number of nitro benzene ring substituents is 1. The van der Waals surface area contributed by atoms with Gasteiger partial charge in [0.25, 0.3) is 5.69 Å². The molecule has 1 N–H and O–H groups in total. The molecule has 2 aromatic carbocycles. The third-order valence-electron chi connectivity index (χ3n) is 2.69. The summed E-state index contributed by atoms with van der Waals surface area (Å²) >= 11 is 5.98. The van der Waals surface area contributed by atoms with Crippen LogP contribution in [0.25, 0.3) is 0 Å². The number of rotatable bonds is 4. The summed E-state index contributed by atoms with van der Waals surface area (Å²) in [5, 5.41) is 20.3. The molecule has 2 aromatic rings. The van der Waals surface area contributed by atoms with Crippen LogP contribution in [-0.4, -0.2) is 15.8 Å². The summed E-state index contributed by atoms with van der Waals surface area (Å²) in [6, 6.07) is 8.08. The Balaban J connectivity index is 2.44. The first-order chi connectivity index (χ1) is 9.88. The zero-order valence-electron chi connectivity index (χ0n) is 10.9. The third kappa shape index (κ3) is 3.29. The Hall–Kier alpha value is -2.60. The molecule has 0 aliphatic heterocycles. The summed E-state index contributed by atoms with van der Waals surface area (Å²) < 4.78 is 5.43. The third-order valence-corrected chi connectivity index (χ3v) is 2.99. The Bertz CT molecular complexity index is 712. The predicted molar refractivity (Wildman–Crippen MR) is 76.3 cm³/mol. The van der Waals surface area contributed by atoms with Crippen molar-refractivity contribution in [1.29, 1.82) is 0 Å². The number of benzene rings is 2. The molecule has 0 aliphatic rings. The highest BCUT2D eigenvalue weighted by atomic mass is 35.5. The normalized spacial score (nSPS) is 10.2. The Morgan fingerprint density at radius 1 is 1.29 bits per heavy atom. The van der Waals surface area contributed by atoms with E-state index in [2.05, 4.69) is 0 Å². The van der Waals surface area contributed by atoms with E-state index in [4.69, 9.17) is 16.3 Å². The van der Waals surface area contributed by atoms with Crippen molar-refractivity contribution in [3.8, 4) is 17.2 Å². The lowest BCUT2D eigenvalue weighted by molar-refractivity contribution is -0.385. The summed E-state index contributed by atoms with van der Waals surface area (Å²) in [6.45, 7) is 1.22. The summed E-state index contributed by atoms with van der Waals surface area (Å²) in [6.07, 6.45) is 0. The van der Waals surface area contributed by atoms with Crippen LogP contribution in [0.4, 0.5) is 5.69 Å². The molecule has 6 nitrogen and oxygen atoms in total. The van der Waals surface area contributed by atoms with Crippen LogP contribution in [-0.2, 0) is 0 Å².